The van der Waals surface area contributed by atoms with Gasteiger partial charge in [-0.2, -0.15) is 0 Å². The third kappa shape index (κ3) is 6.48. The maximum Gasteiger partial charge on any atom is 0.249 e. The lowest BCUT2D eigenvalue weighted by molar-refractivity contribution is -0.145. The normalized spacial score (nSPS) is 15.1. The Morgan fingerprint density at radius 3 is 2.61 bits per heavy atom. The Bertz CT molecular complexity index is 1200. The van der Waals surface area contributed by atoms with Gasteiger partial charge in [-0.25, -0.2) is 0 Å². The van der Waals surface area contributed by atoms with Crippen molar-refractivity contribution < 1.29 is 14.3 Å². The van der Waals surface area contributed by atoms with Crippen LogP contribution in [-0.4, -0.2) is 47.9 Å². The molecule has 0 saturated heterocycles. The van der Waals surface area contributed by atoms with E-state index in [-0.39, 0.29) is 36.9 Å². The van der Waals surface area contributed by atoms with Gasteiger partial charge in [0.2, 0.25) is 11.8 Å². The summed E-state index contributed by atoms with van der Waals surface area (Å²) in [6.45, 7) is 5.37. The highest BCUT2D eigenvalue weighted by molar-refractivity contribution is 7.10. The van der Waals surface area contributed by atoms with E-state index in [0.717, 1.165) is 23.1 Å². The molecular weight excluding hydrogens is 515 g/mol. The van der Waals surface area contributed by atoms with Crippen molar-refractivity contribution in [3.8, 4) is 0 Å². The number of rotatable bonds is 9. The van der Waals surface area contributed by atoms with E-state index in [1.54, 1.807) is 28.4 Å². The minimum Gasteiger partial charge on any atom is -0.367 e. The largest absolute Gasteiger partial charge is 0.367 e. The number of carbonyl (C=O) groups excluding carboxylic acids is 2. The van der Waals surface area contributed by atoms with Crippen LogP contribution in [0.5, 0.6) is 0 Å². The summed E-state index contributed by atoms with van der Waals surface area (Å²) in [6, 6.07) is 16.9. The number of ether oxygens (including phenoxy) is 1. The van der Waals surface area contributed by atoms with Gasteiger partial charge in [-0.1, -0.05) is 73.4 Å². The zero-order valence-corrected chi connectivity index (χ0v) is 22.8. The topological polar surface area (TPSA) is 49.9 Å². The van der Waals surface area contributed by atoms with Crippen LogP contribution in [0.15, 0.2) is 60.0 Å². The summed E-state index contributed by atoms with van der Waals surface area (Å²) in [6.07, 6.45) is 0.777. The van der Waals surface area contributed by atoms with Gasteiger partial charge in [0, 0.05) is 28.0 Å². The molecular formula is C28H30Cl2N2O3S. The Morgan fingerprint density at radius 2 is 1.89 bits per heavy atom. The van der Waals surface area contributed by atoms with Gasteiger partial charge >= 0.3 is 0 Å². The molecule has 2 aromatic carbocycles. The molecule has 0 bridgehead atoms. The first-order valence-corrected chi connectivity index (χ1v) is 13.7. The summed E-state index contributed by atoms with van der Waals surface area (Å²) in [5.41, 5.74) is 2.91. The van der Waals surface area contributed by atoms with Crippen LogP contribution in [0.4, 0.5) is 0 Å². The van der Waals surface area contributed by atoms with Crippen molar-refractivity contribution in [1.82, 2.24) is 9.80 Å². The number of hydrogen-bond acceptors (Lipinski definition) is 4. The first-order valence-electron chi connectivity index (χ1n) is 12.0. The fourth-order valence-corrected chi connectivity index (χ4v) is 5.93. The van der Waals surface area contributed by atoms with E-state index in [1.807, 2.05) is 60.5 Å². The zero-order chi connectivity index (χ0) is 25.7. The van der Waals surface area contributed by atoms with Crippen molar-refractivity contribution in [2.45, 2.75) is 32.9 Å². The van der Waals surface area contributed by atoms with Crippen LogP contribution in [0.2, 0.25) is 10.0 Å². The molecule has 2 heterocycles. The smallest absolute Gasteiger partial charge is 0.249 e. The van der Waals surface area contributed by atoms with E-state index >= 15 is 0 Å². The van der Waals surface area contributed by atoms with Crippen LogP contribution < -0.4 is 0 Å². The monoisotopic (exact) mass is 544 g/mol. The Kier molecular flexibility index (Phi) is 9.07. The molecule has 2 amide bonds. The second kappa shape index (κ2) is 12.2. The molecule has 4 rings (SSSR count). The fourth-order valence-electron chi connectivity index (χ4n) is 4.51. The molecule has 5 nitrogen and oxygen atoms in total. The van der Waals surface area contributed by atoms with Gasteiger partial charge < -0.3 is 14.5 Å². The van der Waals surface area contributed by atoms with Crippen molar-refractivity contribution in [3.63, 3.8) is 0 Å². The Hall–Kier alpha value is -2.38. The number of amides is 2. The second-order valence-electron chi connectivity index (χ2n) is 9.35. The lowest BCUT2D eigenvalue weighted by Crippen LogP contribution is -2.48. The summed E-state index contributed by atoms with van der Waals surface area (Å²) in [5.74, 6) is -0.0931. The van der Waals surface area contributed by atoms with Crippen molar-refractivity contribution in [2.24, 2.45) is 5.92 Å². The summed E-state index contributed by atoms with van der Waals surface area (Å²) in [5, 5.41) is 3.12. The average Bonchev–Trinajstić information content (AvgIpc) is 3.33. The molecule has 3 aromatic rings. The molecule has 1 atom stereocenters. The Morgan fingerprint density at radius 1 is 1.11 bits per heavy atom. The molecule has 1 aliphatic rings. The predicted octanol–water partition coefficient (Wildman–Crippen LogP) is 6.23. The molecule has 0 saturated carbocycles. The number of fused-ring (bicyclic) bond motifs is 1. The molecule has 0 fully saturated rings. The molecule has 1 unspecified atom stereocenters. The standard InChI is InChI=1S/C28H30Cl2N2O3S/c1-19(2)15-31(27(34)18-35-17-20-6-4-3-5-7-20)16-26(33)32-12-10-25-23(11-13-36-25)28(32)22-9-8-21(29)14-24(22)30/h3-9,11,13-14,19,28H,10,12,15-18H2,1-2H3. The van der Waals surface area contributed by atoms with Crippen LogP contribution in [0.25, 0.3) is 0 Å². The highest BCUT2D eigenvalue weighted by atomic mass is 35.5. The number of carbonyl (C=O) groups is 2. The van der Waals surface area contributed by atoms with Gasteiger partial charge in [-0.15, -0.1) is 11.3 Å². The minimum absolute atomic E-state index is 0.00705. The summed E-state index contributed by atoms with van der Waals surface area (Å²) in [4.78, 5) is 31.5. The van der Waals surface area contributed by atoms with E-state index in [2.05, 4.69) is 6.07 Å². The van der Waals surface area contributed by atoms with Crippen molar-refractivity contribution in [1.29, 1.82) is 0 Å². The fraction of sp³-hybridized carbons (Fsp3) is 0.357. The predicted molar refractivity (Wildman–Crippen MR) is 146 cm³/mol. The third-order valence-corrected chi connectivity index (χ3v) is 7.70. The summed E-state index contributed by atoms with van der Waals surface area (Å²) in [7, 11) is 0. The van der Waals surface area contributed by atoms with E-state index in [4.69, 9.17) is 27.9 Å². The van der Waals surface area contributed by atoms with Crippen molar-refractivity contribution >= 4 is 46.4 Å². The van der Waals surface area contributed by atoms with Crippen molar-refractivity contribution in [3.05, 3.63) is 91.6 Å². The molecule has 8 heteroatoms. The first-order chi connectivity index (χ1) is 17.3. The molecule has 0 radical (unpaired) electrons. The van der Waals surface area contributed by atoms with Crippen LogP contribution in [0.3, 0.4) is 0 Å². The van der Waals surface area contributed by atoms with Crippen LogP contribution in [-0.2, 0) is 27.4 Å². The molecule has 0 N–H and O–H groups in total. The quantitative estimate of drug-likeness (QED) is 0.320. The highest BCUT2D eigenvalue weighted by Gasteiger charge is 2.35. The zero-order valence-electron chi connectivity index (χ0n) is 20.5. The number of halogens is 2. The molecule has 36 heavy (non-hydrogen) atoms. The number of nitrogens with zero attached hydrogens (tertiary/aromatic N) is 2. The van der Waals surface area contributed by atoms with Gasteiger partial charge in [0.05, 0.1) is 19.2 Å². The summed E-state index contributed by atoms with van der Waals surface area (Å²) >= 11 is 14.4. The van der Waals surface area contributed by atoms with Gasteiger partial charge in [-0.05, 0) is 52.6 Å². The maximum atomic E-state index is 13.7. The van der Waals surface area contributed by atoms with Crippen LogP contribution in [0, 0.1) is 5.92 Å². The van der Waals surface area contributed by atoms with Crippen molar-refractivity contribution in [2.75, 3.05) is 26.2 Å². The first kappa shape index (κ1) is 26.7. The van der Waals surface area contributed by atoms with Gasteiger partial charge in [0.25, 0.3) is 0 Å². The summed E-state index contributed by atoms with van der Waals surface area (Å²) < 4.78 is 5.68. The molecule has 0 spiro atoms. The molecule has 1 aliphatic heterocycles. The number of thiophene rings is 1. The molecule has 0 aliphatic carbocycles. The highest BCUT2D eigenvalue weighted by Crippen LogP contribution is 2.41. The van der Waals surface area contributed by atoms with E-state index < -0.39 is 0 Å². The Balaban J connectivity index is 1.51. The van der Waals surface area contributed by atoms with E-state index in [1.165, 1.54) is 4.88 Å². The number of benzene rings is 2. The number of hydrogen-bond donors (Lipinski definition) is 0. The maximum absolute atomic E-state index is 13.7. The van der Waals surface area contributed by atoms with Gasteiger partial charge in [0.1, 0.15) is 6.61 Å². The lowest BCUT2D eigenvalue weighted by atomic mass is 9.93. The average molecular weight is 546 g/mol. The van der Waals surface area contributed by atoms with Gasteiger partial charge in [0.15, 0.2) is 0 Å². The third-order valence-electron chi connectivity index (χ3n) is 6.14. The minimum atomic E-state index is -0.317. The Labute approximate surface area is 226 Å². The molecule has 1 aromatic heterocycles. The lowest BCUT2D eigenvalue weighted by Gasteiger charge is -2.38. The molecule has 190 valence electrons. The van der Waals surface area contributed by atoms with E-state index in [9.17, 15) is 9.59 Å². The van der Waals surface area contributed by atoms with Crippen LogP contribution >= 0.6 is 34.5 Å². The van der Waals surface area contributed by atoms with Crippen LogP contribution in [0.1, 0.15) is 41.5 Å². The SMILES string of the molecule is CC(C)CN(CC(=O)N1CCc2sccc2C1c1ccc(Cl)cc1Cl)C(=O)COCc1ccccc1. The van der Waals surface area contributed by atoms with Gasteiger partial charge in [-0.3, -0.25) is 9.59 Å². The van der Waals surface area contributed by atoms with E-state index in [0.29, 0.717) is 29.7 Å². The second-order valence-corrected chi connectivity index (χ2v) is 11.2.